The van der Waals surface area contributed by atoms with Gasteiger partial charge in [0.15, 0.2) is 5.69 Å². The number of pyridine rings is 1. The Morgan fingerprint density at radius 3 is 3.00 bits per heavy atom. The molecule has 2 rings (SSSR count). The molecule has 5 nitrogen and oxygen atoms in total. The lowest BCUT2D eigenvalue weighted by molar-refractivity contribution is 0.0693. The Kier molecular flexibility index (Phi) is 2.28. The fraction of sp³-hybridized carbons (Fsp3) is 0.111. The first-order chi connectivity index (χ1) is 7.13. The van der Waals surface area contributed by atoms with Crippen molar-refractivity contribution < 1.29 is 9.90 Å². The number of carboxylic acid groups (broad SMARTS) is 1. The number of hydrogen-bond acceptors (Lipinski definition) is 4. The zero-order valence-corrected chi connectivity index (χ0v) is 8.61. The van der Waals surface area contributed by atoms with E-state index >= 15 is 0 Å². The molecule has 0 bridgehead atoms. The summed E-state index contributed by atoms with van der Waals surface area (Å²) in [5.74, 6) is -0.102. The minimum Gasteiger partial charge on any atom is -0.476 e. The Balaban J connectivity index is 2.81. The van der Waals surface area contributed by atoms with Gasteiger partial charge in [0.05, 0.1) is 5.52 Å². The minimum absolute atomic E-state index is 0.00588. The van der Waals surface area contributed by atoms with E-state index in [0.29, 0.717) is 22.8 Å². The molecule has 0 saturated carbocycles. The SMILES string of the molecule is Nc1ccn2c(CS)nc(C(=O)O)c2c1. The average Bonchev–Trinajstić information content (AvgIpc) is 2.55. The molecule has 3 N–H and O–H groups in total. The highest BCUT2D eigenvalue weighted by Gasteiger charge is 2.15. The lowest BCUT2D eigenvalue weighted by Gasteiger charge is -1.98. The fourth-order valence-electron chi connectivity index (χ4n) is 1.43. The van der Waals surface area contributed by atoms with Crippen molar-refractivity contribution in [2.75, 3.05) is 5.73 Å². The summed E-state index contributed by atoms with van der Waals surface area (Å²) < 4.78 is 1.67. The monoisotopic (exact) mass is 223 g/mol. The molecule has 0 aliphatic carbocycles. The van der Waals surface area contributed by atoms with E-state index in [0.717, 1.165) is 0 Å². The lowest BCUT2D eigenvalue weighted by Crippen LogP contribution is -1.97. The molecule has 6 heteroatoms. The van der Waals surface area contributed by atoms with Gasteiger partial charge in [-0.1, -0.05) is 0 Å². The number of aromatic carboxylic acids is 1. The van der Waals surface area contributed by atoms with Crippen molar-refractivity contribution >= 4 is 29.8 Å². The molecule has 0 aromatic carbocycles. The van der Waals surface area contributed by atoms with Crippen LogP contribution in [0, 0.1) is 0 Å². The summed E-state index contributed by atoms with van der Waals surface area (Å²) in [5, 5.41) is 8.94. The van der Waals surface area contributed by atoms with Crippen LogP contribution in [-0.2, 0) is 5.75 Å². The predicted octanol–water partition coefficient (Wildman–Crippen LogP) is 1.04. The average molecular weight is 223 g/mol. The van der Waals surface area contributed by atoms with E-state index in [4.69, 9.17) is 10.8 Å². The molecule has 0 amide bonds. The number of thiol groups is 1. The Hall–Kier alpha value is -1.69. The third kappa shape index (κ3) is 1.52. The fourth-order valence-corrected chi connectivity index (χ4v) is 1.66. The number of hydrogen-bond donors (Lipinski definition) is 3. The van der Waals surface area contributed by atoms with Gasteiger partial charge in [-0.05, 0) is 12.1 Å². The first kappa shape index (κ1) is 9.85. The van der Waals surface area contributed by atoms with E-state index in [2.05, 4.69) is 17.6 Å². The second kappa shape index (κ2) is 3.47. The van der Waals surface area contributed by atoms with Crippen molar-refractivity contribution in [2.24, 2.45) is 0 Å². The largest absolute Gasteiger partial charge is 0.476 e. The Morgan fingerprint density at radius 2 is 2.40 bits per heavy atom. The van der Waals surface area contributed by atoms with Crippen LogP contribution in [0.5, 0.6) is 0 Å². The number of imidazole rings is 1. The molecule has 2 aromatic heterocycles. The highest BCUT2D eigenvalue weighted by molar-refractivity contribution is 7.79. The van der Waals surface area contributed by atoms with Gasteiger partial charge in [-0.2, -0.15) is 12.6 Å². The van der Waals surface area contributed by atoms with Gasteiger partial charge < -0.3 is 15.2 Å². The standard InChI is InChI=1S/C9H9N3O2S/c10-5-1-2-12-6(3-5)8(9(13)14)11-7(12)4-15/h1-3,15H,4,10H2,(H,13,14). The van der Waals surface area contributed by atoms with Crippen molar-refractivity contribution in [1.29, 1.82) is 0 Å². The summed E-state index contributed by atoms with van der Waals surface area (Å²) in [4.78, 5) is 14.9. The summed E-state index contributed by atoms with van der Waals surface area (Å²) in [6.45, 7) is 0. The van der Waals surface area contributed by atoms with Gasteiger partial charge in [-0.25, -0.2) is 9.78 Å². The predicted molar refractivity (Wildman–Crippen MR) is 59.3 cm³/mol. The molecular formula is C9H9N3O2S. The van der Waals surface area contributed by atoms with Crippen LogP contribution in [0.15, 0.2) is 18.3 Å². The Bertz CT molecular complexity index is 535. The summed E-state index contributed by atoms with van der Waals surface area (Å²) in [5.41, 5.74) is 6.60. The smallest absolute Gasteiger partial charge is 0.356 e. The first-order valence-corrected chi connectivity index (χ1v) is 4.87. The normalized spacial score (nSPS) is 10.7. The number of nitrogen functional groups attached to an aromatic ring is 1. The van der Waals surface area contributed by atoms with Crippen LogP contribution in [0.2, 0.25) is 0 Å². The molecule has 0 radical (unpaired) electrons. The quantitative estimate of drug-likeness (QED) is 0.665. The number of nitrogens with zero attached hydrogens (tertiary/aromatic N) is 2. The van der Waals surface area contributed by atoms with Crippen molar-refractivity contribution in [3.63, 3.8) is 0 Å². The van der Waals surface area contributed by atoms with Crippen molar-refractivity contribution in [3.05, 3.63) is 29.8 Å². The second-order valence-corrected chi connectivity index (χ2v) is 3.37. The minimum atomic E-state index is -1.06. The summed E-state index contributed by atoms with van der Waals surface area (Å²) in [7, 11) is 0. The van der Waals surface area contributed by atoms with E-state index in [-0.39, 0.29) is 5.69 Å². The molecule has 2 heterocycles. The van der Waals surface area contributed by atoms with Crippen LogP contribution < -0.4 is 5.73 Å². The number of nitrogens with two attached hydrogens (primary N) is 1. The second-order valence-electron chi connectivity index (χ2n) is 3.06. The maximum atomic E-state index is 10.9. The molecule has 2 aromatic rings. The molecular weight excluding hydrogens is 214 g/mol. The van der Waals surface area contributed by atoms with Crippen LogP contribution in [0.3, 0.4) is 0 Å². The molecule has 0 saturated heterocycles. The van der Waals surface area contributed by atoms with E-state index in [1.807, 2.05) is 0 Å². The van der Waals surface area contributed by atoms with Gasteiger partial charge in [0.2, 0.25) is 0 Å². The number of aromatic nitrogens is 2. The van der Waals surface area contributed by atoms with Crippen LogP contribution in [0.25, 0.3) is 5.52 Å². The summed E-state index contributed by atoms with van der Waals surface area (Å²) in [6.07, 6.45) is 1.69. The highest BCUT2D eigenvalue weighted by Crippen LogP contribution is 2.17. The molecule has 0 unspecified atom stereocenters. The Morgan fingerprint density at radius 1 is 1.67 bits per heavy atom. The number of fused-ring (bicyclic) bond motifs is 1. The molecule has 0 aliphatic heterocycles. The van der Waals surface area contributed by atoms with Crippen molar-refractivity contribution in [2.45, 2.75) is 5.75 Å². The molecule has 0 atom stereocenters. The van der Waals surface area contributed by atoms with Crippen LogP contribution >= 0.6 is 12.6 Å². The molecule has 15 heavy (non-hydrogen) atoms. The summed E-state index contributed by atoms with van der Waals surface area (Å²) in [6, 6.07) is 3.27. The van der Waals surface area contributed by atoms with E-state index in [1.165, 1.54) is 0 Å². The molecule has 0 spiro atoms. The number of carbonyl (C=O) groups is 1. The van der Waals surface area contributed by atoms with Crippen LogP contribution in [0.1, 0.15) is 16.3 Å². The third-order valence-corrected chi connectivity index (χ3v) is 2.37. The zero-order valence-electron chi connectivity index (χ0n) is 7.71. The number of anilines is 1. The first-order valence-electron chi connectivity index (χ1n) is 4.24. The van der Waals surface area contributed by atoms with Crippen LogP contribution in [-0.4, -0.2) is 20.5 Å². The highest BCUT2D eigenvalue weighted by atomic mass is 32.1. The topological polar surface area (TPSA) is 80.6 Å². The van der Waals surface area contributed by atoms with Gasteiger partial charge in [0.1, 0.15) is 5.82 Å². The maximum absolute atomic E-state index is 10.9. The van der Waals surface area contributed by atoms with E-state index in [1.54, 1.807) is 22.7 Å². The summed E-state index contributed by atoms with van der Waals surface area (Å²) >= 11 is 4.09. The zero-order chi connectivity index (χ0) is 11.0. The number of rotatable bonds is 2. The number of carboxylic acids is 1. The lowest BCUT2D eigenvalue weighted by atomic mass is 10.3. The maximum Gasteiger partial charge on any atom is 0.356 e. The molecule has 0 aliphatic rings. The third-order valence-electron chi connectivity index (χ3n) is 2.08. The van der Waals surface area contributed by atoms with Gasteiger partial charge in [-0.15, -0.1) is 0 Å². The molecule has 78 valence electrons. The van der Waals surface area contributed by atoms with E-state index < -0.39 is 5.97 Å². The van der Waals surface area contributed by atoms with Gasteiger partial charge in [0, 0.05) is 17.6 Å². The van der Waals surface area contributed by atoms with Gasteiger partial charge in [0.25, 0.3) is 0 Å². The van der Waals surface area contributed by atoms with Crippen molar-refractivity contribution in [3.8, 4) is 0 Å². The van der Waals surface area contributed by atoms with Crippen molar-refractivity contribution in [1.82, 2.24) is 9.38 Å². The van der Waals surface area contributed by atoms with Gasteiger partial charge >= 0.3 is 5.97 Å². The van der Waals surface area contributed by atoms with Crippen LogP contribution in [0.4, 0.5) is 5.69 Å². The van der Waals surface area contributed by atoms with Gasteiger partial charge in [-0.3, -0.25) is 0 Å². The molecule has 0 fully saturated rings. The van der Waals surface area contributed by atoms with E-state index in [9.17, 15) is 4.79 Å². The Labute approximate surface area is 90.9 Å².